The Labute approximate surface area is 170 Å². The van der Waals surface area contributed by atoms with E-state index < -0.39 is 29.7 Å². The normalized spacial score (nSPS) is 18.9. The molecule has 1 fully saturated rings. The van der Waals surface area contributed by atoms with Crippen molar-refractivity contribution in [3.8, 4) is 0 Å². The summed E-state index contributed by atoms with van der Waals surface area (Å²) in [7, 11) is 0. The van der Waals surface area contributed by atoms with Crippen molar-refractivity contribution in [3.63, 3.8) is 0 Å². The maximum Gasteiger partial charge on any atom is 0.262 e. The van der Waals surface area contributed by atoms with Gasteiger partial charge in [0, 0.05) is 31.4 Å². The minimum absolute atomic E-state index is 0.0939. The summed E-state index contributed by atoms with van der Waals surface area (Å²) in [5.41, 5.74) is 7.68. The lowest BCUT2D eigenvalue weighted by Gasteiger charge is -2.27. The third-order valence-electron chi connectivity index (χ3n) is 4.95. The largest absolute Gasteiger partial charge is 0.325 e. The lowest BCUT2D eigenvalue weighted by molar-refractivity contribution is -0.136. The van der Waals surface area contributed by atoms with Crippen LogP contribution < -0.4 is 16.4 Å². The van der Waals surface area contributed by atoms with Gasteiger partial charge in [-0.15, -0.1) is 11.3 Å². The summed E-state index contributed by atoms with van der Waals surface area (Å²) in [5, 5.41) is 8.19. The van der Waals surface area contributed by atoms with Crippen molar-refractivity contribution in [1.82, 2.24) is 20.5 Å². The van der Waals surface area contributed by atoms with E-state index in [9.17, 15) is 19.2 Å². The summed E-state index contributed by atoms with van der Waals surface area (Å²) < 4.78 is 0. The number of nitrogens with one attached hydrogen (secondary N) is 2. The molecule has 4 amide bonds. The number of nitrogens with zero attached hydrogens (tertiary/aromatic N) is 2. The number of hydrogen-bond donors (Lipinski definition) is 3. The summed E-state index contributed by atoms with van der Waals surface area (Å²) in [4.78, 5) is 54.7. The first kappa shape index (κ1) is 19.4. The first-order valence-electron chi connectivity index (χ1n) is 9.17. The molecule has 10 heteroatoms. The zero-order valence-corrected chi connectivity index (χ0v) is 16.3. The molecular weight excluding hydrogens is 394 g/mol. The van der Waals surface area contributed by atoms with Gasteiger partial charge in [-0.1, -0.05) is 12.1 Å². The van der Waals surface area contributed by atoms with E-state index in [1.165, 1.54) is 11.3 Å². The predicted octanol–water partition coefficient (Wildman–Crippen LogP) is 0.293. The summed E-state index contributed by atoms with van der Waals surface area (Å²) in [6.07, 6.45) is 0.230. The molecule has 0 bridgehead atoms. The van der Waals surface area contributed by atoms with Crippen LogP contribution in [0.1, 0.15) is 49.8 Å². The highest BCUT2D eigenvalue weighted by Crippen LogP contribution is 2.29. The Bertz CT molecular complexity index is 1020. The second-order valence-corrected chi connectivity index (χ2v) is 7.77. The van der Waals surface area contributed by atoms with Gasteiger partial charge in [0.15, 0.2) is 0 Å². The number of carbonyl (C=O) groups excluding carboxylic acids is 4. The molecule has 0 saturated carbocycles. The van der Waals surface area contributed by atoms with Gasteiger partial charge < -0.3 is 11.1 Å². The maximum absolute atomic E-state index is 13.0. The van der Waals surface area contributed by atoms with Gasteiger partial charge in [-0.25, -0.2) is 4.98 Å². The van der Waals surface area contributed by atoms with Crippen LogP contribution in [-0.4, -0.2) is 39.6 Å². The molecule has 4 rings (SSSR count). The number of benzene rings is 1. The van der Waals surface area contributed by atoms with Crippen molar-refractivity contribution in [1.29, 1.82) is 0 Å². The third-order valence-corrected chi connectivity index (χ3v) is 5.87. The number of aromatic nitrogens is 1. The van der Waals surface area contributed by atoms with Gasteiger partial charge >= 0.3 is 0 Å². The highest BCUT2D eigenvalue weighted by atomic mass is 32.1. The Morgan fingerprint density at radius 1 is 1.21 bits per heavy atom. The van der Waals surface area contributed by atoms with Gasteiger partial charge in [0.25, 0.3) is 11.8 Å². The number of piperidine rings is 1. The van der Waals surface area contributed by atoms with Crippen LogP contribution >= 0.6 is 11.3 Å². The summed E-state index contributed by atoms with van der Waals surface area (Å²) >= 11 is 1.49. The van der Waals surface area contributed by atoms with Gasteiger partial charge in [-0.05, 0) is 18.1 Å². The monoisotopic (exact) mass is 413 g/mol. The zero-order chi connectivity index (χ0) is 20.5. The van der Waals surface area contributed by atoms with E-state index in [4.69, 9.17) is 5.73 Å². The molecule has 2 aliphatic rings. The Hall–Kier alpha value is -2.95. The molecule has 0 radical (unpaired) electrons. The van der Waals surface area contributed by atoms with E-state index in [1.807, 2.05) is 5.38 Å². The topological polar surface area (TPSA) is 134 Å². The maximum atomic E-state index is 13.0. The predicted molar refractivity (Wildman–Crippen MR) is 104 cm³/mol. The molecule has 1 unspecified atom stereocenters. The standard InChI is InChI=1S/C19H19N5O4S/c20-6-15-22-11(9-29-15)8-21-7-10-2-1-3-12-16(10)19(28)24(18(12)27)13-4-5-14(25)23-17(13)26/h1-3,9,13,21H,4-8,20H2,(H,23,25,26). The number of imide groups is 2. The van der Waals surface area contributed by atoms with E-state index in [0.29, 0.717) is 30.8 Å². The molecule has 4 N–H and O–H groups in total. The molecule has 150 valence electrons. The number of carbonyl (C=O) groups is 4. The lowest BCUT2D eigenvalue weighted by Crippen LogP contribution is -2.54. The van der Waals surface area contributed by atoms with Crippen molar-refractivity contribution in [2.45, 2.75) is 38.5 Å². The van der Waals surface area contributed by atoms with Crippen molar-refractivity contribution in [2.75, 3.05) is 0 Å². The Kier molecular flexibility index (Phi) is 5.22. The molecule has 1 atom stereocenters. The van der Waals surface area contributed by atoms with Crippen molar-refractivity contribution in [3.05, 3.63) is 51.0 Å². The van der Waals surface area contributed by atoms with Gasteiger partial charge in [0.1, 0.15) is 11.0 Å². The second kappa shape index (κ2) is 7.82. The minimum atomic E-state index is -0.967. The molecule has 9 nitrogen and oxygen atoms in total. The third kappa shape index (κ3) is 3.57. The minimum Gasteiger partial charge on any atom is -0.325 e. The highest BCUT2D eigenvalue weighted by molar-refractivity contribution is 7.09. The van der Waals surface area contributed by atoms with E-state index in [2.05, 4.69) is 15.6 Å². The number of rotatable bonds is 6. The molecular formula is C19H19N5O4S. The van der Waals surface area contributed by atoms with Crippen molar-refractivity contribution < 1.29 is 19.2 Å². The van der Waals surface area contributed by atoms with Gasteiger partial charge in [-0.2, -0.15) is 0 Å². The molecule has 0 spiro atoms. The van der Waals surface area contributed by atoms with Crippen LogP contribution in [0.4, 0.5) is 0 Å². The first-order valence-corrected chi connectivity index (χ1v) is 10.0. The second-order valence-electron chi connectivity index (χ2n) is 6.83. The fourth-order valence-corrected chi connectivity index (χ4v) is 4.26. The summed E-state index contributed by atoms with van der Waals surface area (Å²) in [5.74, 6) is -2.02. The van der Waals surface area contributed by atoms with E-state index >= 15 is 0 Å². The molecule has 0 aliphatic carbocycles. The van der Waals surface area contributed by atoms with Crippen LogP contribution in [0.3, 0.4) is 0 Å². The van der Waals surface area contributed by atoms with Gasteiger partial charge in [0.05, 0.1) is 16.8 Å². The molecule has 2 aromatic rings. The van der Waals surface area contributed by atoms with Crippen molar-refractivity contribution >= 4 is 35.0 Å². The lowest BCUT2D eigenvalue weighted by atomic mass is 10.0. The summed E-state index contributed by atoms with van der Waals surface area (Å²) in [6, 6.07) is 4.10. The van der Waals surface area contributed by atoms with Crippen LogP contribution in [0.15, 0.2) is 23.6 Å². The SMILES string of the molecule is NCc1nc(CNCc2cccc3c2C(=O)N(C2CCC(=O)NC2=O)C3=O)cs1. The average Bonchev–Trinajstić information content (AvgIpc) is 3.26. The highest BCUT2D eigenvalue weighted by Gasteiger charge is 2.45. The first-order chi connectivity index (χ1) is 14.0. The van der Waals surface area contributed by atoms with E-state index in [1.54, 1.807) is 18.2 Å². The zero-order valence-electron chi connectivity index (χ0n) is 15.4. The average molecular weight is 413 g/mol. The van der Waals surface area contributed by atoms with E-state index in [0.717, 1.165) is 15.6 Å². The molecule has 1 aromatic carbocycles. The van der Waals surface area contributed by atoms with Gasteiger partial charge in [-0.3, -0.25) is 29.4 Å². The van der Waals surface area contributed by atoms with Crippen LogP contribution in [-0.2, 0) is 29.2 Å². The molecule has 29 heavy (non-hydrogen) atoms. The van der Waals surface area contributed by atoms with Crippen molar-refractivity contribution in [2.24, 2.45) is 5.73 Å². The number of fused-ring (bicyclic) bond motifs is 1. The molecule has 1 saturated heterocycles. The number of nitrogens with two attached hydrogens (primary N) is 1. The van der Waals surface area contributed by atoms with Gasteiger partial charge in [0.2, 0.25) is 11.8 Å². The summed E-state index contributed by atoms with van der Waals surface area (Å²) in [6.45, 7) is 1.25. The Morgan fingerprint density at radius 3 is 2.76 bits per heavy atom. The number of thiazole rings is 1. The molecule has 1 aromatic heterocycles. The van der Waals surface area contributed by atoms with Crippen LogP contribution in [0.5, 0.6) is 0 Å². The fraction of sp³-hybridized carbons (Fsp3) is 0.316. The van der Waals surface area contributed by atoms with E-state index in [-0.39, 0.29) is 18.4 Å². The Balaban J connectivity index is 1.51. The Morgan fingerprint density at radius 2 is 2.03 bits per heavy atom. The fourth-order valence-electron chi connectivity index (χ4n) is 3.58. The number of hydrogen-bond acceptors (Lipinski definition) is 8. The quantitative estimate of drug-likeness (QED) is 0.580. The smallest absolute Gasteiger partial charge is 0.262 e. The molecule has 2 aliphatic heterocycles. The van der Waals surface area contributed by atoms with Crippen LogP contribution in [0.2, 0.25) is 0 Å². The molecule has 3 heterocycles. The van der Waals surface area contributed by atoms with Crippen LogP contribution in [0.25, 0.3) is 0 Å². The van der Waals surface area contributed by atoms with Crippen LogP contribution in [0, 0.1) is 0 Å². The number of amides is 4.